The van der Waals surface area contributed by atoms with Crippen LogP contribution in [0, 0.1) is 0 Å². The number of benzene rings is 8. The summed E-state index contributed by atoms with van der Waals surface area (Å²) in [6.07, 6.45) is 0. The highest BCUT2D eigenvalue weighted by Gasteiger charge is 2.14. The number of rotatable bonds is 3. The summed E-state index contributed by atoms with van der Waals surface area (Å²) in [6.45, 7) is 0. The molecule has 0 saturated carbocycles. The van der Waals surface area contributed by atoms with Crippen LogP contribution in [-0.4, -0.2) is 4.57 Å². The quantitative estimate of drug-likeness (QED) is 0.190. The molecular formula is C44H27NS. The van der Waals surface area contributed by atoms with Crippen LogP contribution in [0.1, 0.15) is 0 Å². The summed E-state index contributed by atoms with van der Waals surface area (Å²) in [5.74, 6) is 0. The molecule has 0 fully saturated rings. The van der Waals surface area contributed by atoms with Crippen molar-refractivity contribution in [3.05, 3.63) is 164 Å². The van der Waals surface area contributed by atoms with E-state index in [1.54, 1.807) is 0 Å². The predicted molar refractivity (Wildman–Crippen MR) is 200 cm³/mol. The van der Waals surface area contributed by atoms with Crippen LogP contribution in [0.25, 0.3) is 91.5 Å². The minimum absolute atomic E-state index is 1.19. The van der Waals surface area contributed by atoms with Crippen molar-refractivity contribution in [1.82, 2.24) is 4.57 Å². The molecule has 1 nitrogen and oxygen atoms in total. The Morgan fingerprint density at radius 2 is 0.935 bits per heavy atom. The van der Waals surface area contributed by atoms with Crippen LogP contribution >= 0.6 is 11.3 Å². The molecule has 0 atom stereocenters. The van der Waals surface area contributed by atoms with Gasteiger partial charge in [0.15, 0.2) is 0 Å². The van der Waals surface area contributed by atoms with E-state index in [0.29, 0.717) is 0 Å². The van der Waals surface area contributed by atoms with Crippen LogP contribution in [0.15, 0.2) is 164 Å². The fraction of sp³-hybridized carbons (Fsp3) is 0. The van der Waals surface area contributed by atoms with Crippen LogP contribution in [0.2, 0.25) is 0 Å². The van der Waals surface area contributed by atoms with Crippen molar-refractivity contribution in [2.45, 2.75) is 0 Å². The highest BCUT2D eigenvalue weighted by molar-refractivity contribution is 7.26. The van der Waals surface area contributed by atoms with Crippen LogP contribution in [-0.2, 0) is 0 Å². The van der Waals surface area contributed by atoms with E-state index >= 15 is 0 Å². The van der Waals surface area contributed by atoms with Gasteiger partial charge in [0.05, 0.1) is 11.0 Å². The highest BCUT2D eigenvalue weighted by atomic mass is 32.1. The molecule has 0 bridgehead atoms. The Kier molecular flexibility index (Phi) is 5.51. The number of thiophene rings is 1. The van der Waals surface area contributed by atoms with Crippen molar-refractivity contribution in [2.75, 3.05) is 0 Å². The molecule has 2 heterocycles. The summed E-state index contributed by atoms with van der Waals surface area (Å²) in [7, 11) is 0. The summed E-state index contributed by atoms with van der Waals surface area (Å²) in [5.41, 5.74) is 8.57. The van der Waals surface area contributed by atoms with E-state index in [0.717, 1.165) is 0 Å². The standard InChI is InChI=1S/C44H27NS/c1-2-9-32-25-35(21-17-28(32)7-1)45-40-12-6-5-11-37(40)38-26-33(18-22-41(38)45)29-13-15-30(16-14-29)34-20-23-42-39(27-34)44-36-10-4-3-8-31(36)19-24-43(44)46-42/h1-27H. The van der Waals surface area contributed by atoms with E-state index in [2.05, 4.69) is 168 Å². The molecule has 214 valence electrons. The second kappa shape index (κ2) is 9.90. The fourth-order valence-electron chi connectivity index (χ4n) is 7.33. The second-order valence-electron chi connectivity index (χ2n) is 12.2. The zero-order chi connectivity index (χ0) is 30.2. The maximum atomic E-state index is 2.40. The summed E-state index contributed by atoms with van der Waals surface area (Å²) in [4.78, 5) is 0. The smallest absolute Gasteiger partial charge is 0.0541 e. The van der Waals surface area contributed by atoms with E-state index in [1.807, 2.05) is 11.3 Å². The molecule has 0 aliphatic carbocycles. The first-order valence-electron chi connectivity index (χ1n) is 15.8. The van der Waals surface area contributed by atoms with E-state index in [-0.39, 0.29) is 0 Å². The maximum absolute atomic E-state index is 2.40. The van der Waals surface area contributed by atoms with Crippen LogP contribution in [0.5, 0.6) is 0 Å². The summed E-state index contributed by atoms with van der Waals surface area (Å²) in [6, 6.07) is 60.2. The van der Waals surface area contributed by atoms with Gasteiger partial charge in [0, 0.05) is 36.6 Å². The molecule has 10 rings (SSSR count). The minimum Gasteiger partial charge on any atom is -0.309 e. The molecule has 2 heteroatoms. The first kappa shape index (κ1) is 25.6. The van der Waals surface area contributed by atoms with Crippen molar-refractivity contribution in [2.24, 2.45) is 0 Å². The number of hydrogen-bond acceptors (Lipinski definition) is 1. The molecule has 0 amide bonds. The zero-order valence-corrected chi connectivity index (χ0v) is 25.8. The van der Waals surface area contributed by atoms with E-state index in [4.69, 9.17) is 0 Å². The molecule has 8 aromatic carbocycles. The molecular weight excluding hydrogens is 575 g/mol. The third-order valence-corrected chi connectivity index (χ3v) is 10.7. The Bertz CT molecular complexity index is 2800. The first-order chi connectivity index (χ1) is 22.8. The van der Waals surface area contributed by atoms with Crippen molar-refractivity contribution < 1.29 is 0 Å². The van der Waals surface area contributed by atoms with Gasteiger partial charge in [-0.3, -0.25) is 0 Å². The van der Waals surface area contributed by atoms with Crippen molar-refractivity contribution in [3.63, 3.8) is 0 Å². The SMILES string of the molecule is c1ccc2cc(-n3c4ccccc4c4cc(-c5ccc(-c6ccc7sc8ccc9ccccc9c8c7c6)cc5)ccc43)ccc2c1. The molecule has 2 aromatic heterocycles. The molecule has 0 aliphatic heterocycles. The Morgan fingerprint density at radius 3 is 1.76 bits per heavy atom. The van der Waals surface area contributed by atoms with Crippen LogP contribution in [0.4, 0.5) is 0 Å². The van der Waals surface area contributed by atoms with E-state index < -0.39 is 0 Å². The Hall–Kier alpha value is -5.70. The maximum Gasteiger partial charge on any atom is 0.0541 e. The van der Waals surface area contributed by atoms with Gasteiger partial charge in [-0.25, -0.2) is 0 Å². The molecule has 0 saturated heterocycles. The zero-order valence-electron chi connectivity index (χ0n) is 24.9. The Balaban J connectivity index is 1.06. The molecule has 0 unspecified atom stereocenters. The normalized spacial score (nSPS) is 11.9. The number of nitrogens with zero attached hydrogens (tertiary/aromatic N) is 1. The topological polar surface area (TPSA) is 4.93 Å². The highest BCUT2D eigenvalue weighted by Crippen LogP contribution is 2.41. The fourth-order valence-corrected chi connectivity index (χ4v) is 8.43. The van der Waals surface area contributed by atoms with Gasteiger partial charge in [-0.2, -0.15) is 0 Å². The lowest BCUT2D eigenvalue weighted by atomic mass is 9.97. The largest absolute Gasteiger partial charge is 0.309 e. The van der Waals surface area contributed by atoms with Gasteiger partial charge in [0.2, 0.25) is 0 Å². The van der Waals surface area contributed by atoms with Crippen molar-refractivity contribution in [1.29, 1.82) is 0 Å². The van der Waals surface area contributed by atoms with Gasteiger partial charge in [-0.05, 0) is 92.3 Å². The molecule has 10 aromatic rings. The van der Waals surface area contributed by atoms with Crippen molar-refractivity contribution >= 4 is 74.9 Å². The monoisotopic (exact) mass is 601 g/mol. The third kappa shape index (κ3) is 3.87. The summed E-state index contributed by atoms with van der Waals surface area (Å²) < 4.78 is 5.08. The lowest BCUT2D eigenvalue weighted by molar-refractivity contribution is 1.19. The van der Waals surface area contributed by atoms with Crippen LogP contribution in [0.3, 0.4) is 0 Å². The average Bonchev–Trinajstić information content (AvgIpc) is 3.67. The Labute approximate surface area is 270 Å². The van der Waals surface area contributed by atoms with Crippen LogP contribution < -0.4 is 0 Å². The third-order valence-electron chi connectivity index (χ3n) is 9.58. The first-order valence-corrected chi connectivity index (χ1v) is 16.6. The molecule has 0 N–H and O–H groups in total. The number of aromatic nitrogens is 1. The van der Waals surface area contributed by atoms with E-state index in [9.17, 15) is 0 Å². The molecule has 46 heavy (non-hydrogen) atoms. The second-order valence-corrected chi connectivity index (χ2v) is 13.2. The van der Waals surface area contributed by atoms with E-state index in [1.165, 1.54) is 91.5 Å². The number of para-hydroxylation sites is 1. The molecule has 0 aliphatic rings. The Morgan fingerprint density at radius 1 is 0.348 bits per heavy atom. The van der Waals surface area contributed by atoms with Gasteiger partial charge in [-0.15, -0.1) is 11.3 Å². The lowest BCUT2D eigenvalue weighted by Crippen LogP contribution is -1.93. The van der Waals surface area contributed by atoms with Gasteiger partial charge in [0.25, 0.3) is 0 Å². The number of hydrogen-bond donors (Lipinski definition) is 0. The van der Waals surface area contributed by atoms with Gasteiger partial charge in [-0.1, -0.05) is 115 Å². The average molecular weight is 602 g/mol. The summed E-state index contributed by atoms with van der Waals surface area (Å²) >= 11 is 1.88. The number of fused-ring (bicyclic) bond motifs is 9. The predicted octanol–water partition coefficient (Wildman–Crippen LogP) is 12.8. The molecule has 0 spiro atoms. The minimum atomic E-state index is 1.19. The van der Waals surface area contributed by atoms with Crippen molar-refractivity contribution in [3.8, 4) is 27.9 Å². The molecule has 0 radical (unpaired) electrons. The summed E-state index contributed by atoms with van der Waals surface area (Å²) in [5, 5.41) is 10.4. The van der Waals surface area contributed by atoms with Gasteiger partial charge >= 0.3 is 0 Å². The van der Waals surface area contributed by atoms with Gasteiger partial charge < -0.3 is 4.57 Å². The lowest BCUT2D eigenvalue weighted by Gasteiger charge is -2.10. The van der Waals surface area contributed by atoms with Gasteiger partial charge in [0.1, 0.15) is 0 Å².